The van der Waals surface area contributed by atoms with E-state index in [4.69, 9.17) is 4.74 Å². The lowest BCUT2D eigenvalue weighted by Crippen LogP contribution is -2.50. The van der Waals surface area contributed by atoms with Gasteiger partial charge in [0.25, 0.3) is 5.91 Å². The van der Waals surface area contributed by atoms with E-state index in [0.717, 1.165) is 5.56 Å². The van der Waals surface area contributed by atoms with Gasteiger partial charge < -0.3 is 14.7 Å². The molecule has 1 amide bonds. The Bertz CT molecular complexity index is 729. The van der Waals surface area contributed by atoms with Gasteiger partial charge in [0.2, 0.25) is 6.23 Å². The van der Waals surface area contributed by atoms with E-state index in [1.54, 1.807) is 12.1 Å². The third-order valence-electron chi connectivity index (χ3n) is 3.59. The summed E-state index contributed by atoms with van der Waals surface area (Å²) in [6.45, 7) is 2.51. The van der Waals surface area contributed by atoms with Gasteiger partial charge in [0.15, 0.2) is 0 Å². The molecule has 0 saturated carbocycles. The van der Waals surface area contributed by atoms with Gasteiger partial charge in [0.1, 0.15) is 0 Å². The van der Waals surface area contributed by atoms with Crippen molar-refractivity contribution in [2.75, 3.05) is 13.2 Å². The third-order valence-corrected chi connectivity index (χ3v) is 3.59. The SMILES string of the molecule is Cc1ccc(-n2nccn2)c(C(=O)N2CCCO[C@H]2C(=O)O)c1. The van der Waals surface area contributed by atoms with Gasteiger partial charge in [-0.1, -0.05) is 11.6 Å². The number of hydrogen-bond acceptors (Lipinski definition) is 5. The van der Waals surface area contributed by atoms with Crippen molar-refractivity contribution in [3.8, 4) is 5.69 Å². The van der Waals surface area contributed by atoms with Crippen LogP contribution >= 0.6 is 0 Å². The lowest BCUT2D eigenvalue weighted by molar-refractivity contribution is -0.167. The summed E-state index contributed by atoms with van der Waals surface area (Å²) in [6, 6.07) is 5.29. The predicted molar refractivity (Wildman–Crippen MR) is 79.1 cm³/mol. The van der Waals surface area contributed by atoms with E-state index in [1.165, 1.54) is 22.1 Å². The fraction of sp³-hybridized carbons (Fsp3) is 0.333. The van der Waals surface area contributed by atoms with Gasteiger partial charge in [-0.25, -0.2) is 4.79 Å². The number of aromatic nitrogens is 3. The molecule has 0 spiro atoms. The van der Waals surface area contributed by atoms with E-state index in [1.807, 2.05) is 13.0 Å². The molecule has 0 aliphatic carbocycles. The van der Waals surface area contributed by atoms with Crippen LogP contribution in [0.2, 0.25) is 0 Å². The van der Waals surface area contributed by atoms with Crippen LogP contribution in [0.3, 0.4) is 0 Å². The lowest BCUT2D eigenvalue weighted by atomic mass is 10.1. The highest BCUT2D eigenvalue weighted by molar-refractivity contribution is 5.99. The van der Waals surface area contributed by atoms with Gasteiger partial charge in [-0.2, -0.15) is 15.0 Å². The molecule has 1 aliphatic rings. The molecule has 0 bridgehead atoms. The Balaban J connectivity index is 2.01. The van der Waals surface area contributed by atoms with Gasteiger partial charge in [-0.05, 0) is 25.5 Å². The molecular weight excluding hydrogens is 300 g/mol. The van der Waals surface area contributed by atoms with Crippen LogP contribution in [0.25, 0.3) is 5.69 Å². The number of benzene rings is 1. The highest BCUT2D eigenvalue weighted by Crippen LogP contribution is 2.21. The lowest BCUT2D eigenvalue weighted by Gasteiger charge is -2.33. The van der Waals surface area contributed by atoms with Crippen molar-refractivity contribution in [1.29, 1.82) is 0 Å². The minimum Gasteiger partial charge on any atom is -0.478 e. The first-order valence-corrected chi connectivity index (χ1v) is 7.20. The maximum atomic E-state index is 12.9. The number of carbonyl (C=O) groups excluding carboxylic acids is 1. The first kappa shape index (κ1) is 15.2. The largest absolute Gasteiger partial charge is 0.478 e. The maximum Gasteiger partial charge on any atom is 0.354 e. The Hall–Kier alpha value is -2.74. The quantitative estimate of drug-likeness (QED) is 0.901. The summed E-state index contributed by atoms with van der Waals surface area (Å²) in [5, 5.41) is 17.4. The van der Waals surface area contributed by atoms with Gasteiger partial charge in [0.05, 0.1) is 30.3 Å². The van der Waals surface area contributed by atoms with E-state index in [0.29, 0.717) is 30.8 Å². The summed E-state index contributed by atoms with van der Waals surface area (Å²) in [5.74, 6) is -1.59. The van der Waals surface area contributed by atoms with Crippen LogP contribution in [0.4, 0.5) is 0 Å². The van der Waals surface area contributed by atoms with Crippen molar-refractivity contribution in [3.63, 3.8) is 0 Å². The Kier molecular flexibility index (Phi) is 4.07. The average Bonchev–Trinajstić information content (AvgIpc) is 3.08. The molecule has 2 aromatic rings. The topological polar surface area (TPSA) is 97.5 Å². The molecule has 1 aromatic carbocycles. The Labute approximate surface area is 132 Å². The Morgan fingerprint density at radius 1 is 1.30 bits per heavy atom. The fourth-order valence-corrected chi connectivity index (χ4v) is 2.54. The minimum absolute atomic E-state index is 0.322. The summed E-state index contributed by atoms with van der Waals surface area (Å²) in [7, 11) is 0. The molecule has 8 heteroatoms. The Morgan fingerprint density at radius 3 is 2.74 bits per heavy atom. The van der Waals surface area contributed by atoms with Crippen molar-refractivity contribution < 1.29 is 19.4 Å². The number of hydrogen-bond donors (Lipinski definition) is 1. The molecule has 1 aliphatic heterocycles. The predicted octanol–water partition coefficient (Wildman–Crippen LogP) is 0.849. The average molecular weight is 316 g/mol. The highest BCUT2D eigenvalue weighted by Gasteiger charge is 2.34. The van der Waals surface area contributed by atoms with Crippen molar-refractivity contribution in [1.82, 2.24) is 19.9 Å². The van der Waals surface area contributed by atoms with Gasteiger partial charge in [-0.3, -0.25) is 4.79 Å². The van der Waals surface area contributed by atoms with Crippen LogP contribution in [0.15, 0.2) is 30.6 Å². The maximum absolute atomic E-state index is 12.9. The summed E-state index contributed by atoms with van der Waals surface area (Å²) in [6.07, 6.45) is 2.35. The van der Waals surface area contributed by atoms with Crippen molar-refractivity contribution in [2.45, 2.75) is 19.6 Å². The number of aliphatic carboxylic acids is 1. The van der Waals surface area contributed by atoms with Gasteiger partial charge in [0, 0.05) is 6.54 Å². The number of nitrogens with zero attached hydrogens (tertiary/aromatic N) is 4. The number of aryl methyl sites for hydroxylation is 1. The molecule has 2 heterocycles. The highest BCUT2D eigenvalue weighted by atomic mass is 16.5. The van der Waals surface area contributed by atoms with E-state index in [2.05, 4.69) is 10.2 Å². The van der Waals surface area contributed by atoms with Crippen LogP contribution in [0.5, 0.6) is 0 Å². The molecule has 23 heavy (non-hydrogen) atoms. The first-order valence-electron chi connectivity index (χ1n) is 7.20. The van der Waals surface area contributed by atoms with Crippen LogP contribution in [0, 0.1) is 6.92 Å². The molecule has 1 N–H and O–H groups in total. The van der Waals surface area contributed by atoms with Crippen LogP contribution < -0.4 is 0 Å². The zero-order valence-corrected chi connectivity index (χ0v) is 12.5. The second-order valence-electron chi connectivity index (χ2n) is 5.25. The fourth-order valence-electron chi connectivity index (χ4n) is 2.54. The van der Waals surface area contributed by atoms with E-state index >= 15 is 0 Å². The second-order valence-corrected chi connectivity index (χ2v) is 5.25. The number of carbonyl (C=O) groups is 2. The second kappa shape index (κ2) is 6.17. The molecule has 8 nitrogen and oxygen atoms in total. The standard InChI is InChI=1S/C15H16N4O4/c1-10-3-4-12(19-16-5-6-17-19)11(9-10)13(20)18-7-2-8-23-14(18)15(21)22/h3-6,9,14H,2,7-8H2,1H3,(H,21,22)/t14-/m0/s1. The van der Waals surface area contributed by atoms with Gasteiger partial charge >= 0.3 is 5.97 Å². The summed E-state index contributed by atoms with van der Waals surface area (Å²) in [4.78, 5) is 26.8. The first-order chi connectivity index (χ1) is 11.1. The number of amides is 1. The number of carboxylic acid groups (broad SMARTS) is 1. The summed E-state index contributed by atoms with van der Waals surface area (Å²) >= 11 is 0. The Morgan fingerprint density at radius 2 is 2.04 bits per heavy atom. The summed E-state index contributed by atoms with van der Waals surface area (Å²) < 4.78 is 5.22. The van der Waals surface area contributed by atoms with Crippen LogP contribution in [0.1, 0.15) is 22.3 Å². The molecule has 1 fully saturated rings. The number of carboxylic acids is 1. The molecular formula is C15H16N4O4. The number of ether oxygens (including phenoxy) is 1. The van der Waals surface area contributed by atoms with Crippen LogP contribution in [-0.2, 0) is 9.53 Å². The molecule has 1 aromatic heterocycles. The molecule has 0 unspecified atom stereocenters. The smallest absolute Gasteiger partial charge is 0.354 e. The van der Waals surface area contributed by atoms with Crippen molar-refractivity contribution in [3.05, 3.63) is 41.7 Å². The van der Waals surface area contributed by atoms with E-state index in [9.17, 15) is 14.7 Å². The minimum atomic E-state index is -1.27. The molecule has 1 atom stereocenters. The zero-order chi connectivity index (χ0) is 16.4. The van der Waals surface area contributed by atoms with E-state index in [-0.39, 0.29) is 0 Å². The van der Waals surface area contributed by atoms with E-state index < -0.39 is 18.1 Å². The molecule has 120 valence electrons. The third kappa shape index (κ3) is 2.93. The van der Waals surface area contributed by atoms with Crippen LogP contribution in [-0.4, -0.2) is 56.3 Å². The normalized spacial score (nSPS) is 18.0. The number of rotatable bonds is 3. The molecule has 0 radical (unpaired) electrons. The van der Waals surface area contributed by atoms with Crippen molar-refractivity contribution in [2.24, 2.45) is 0 Å². The zero-order valence-electron chi connectivity index (χ0n) is 12.5. The molecule has 1 saturated heterocycles. The molecule has 3 rings (SSSR count). The van der Waals surface area contributed by atoms with Gasteiger partial charge in [-0.15, -0.1) is 0 Å². The summed E-state index contributed by atoms with van der Waals surface area (Å²) in [5.41, 5.74) is 1.73. The monoisotopic (exact) mass is 316 g/mol. The van der Waals surface area contributed by atoms with Crippen molar-refractivity contribution >= 4 is 11.9 Å².